The zero-order chi connectivity index (χ0) is 17.5. The number of carbonyl (C=O) groups excluding carboxylic acids is 1. The Morgan fingerprint density at radius 3 is 2.52 bits per heavy atom. The maximum Gasteiger partial charge on any atom is 0.223 e. The van der Waals surface area contributed by atoms with Gasteiger partial charge in [0.25, 0.3) is 0 Å². The second-order valence-corrected chi connectivity index (χ2v) is 7.81. The molecule has 25 heavy (non-hydrogen) atoms. The summed E-state index contributed by atoms with van der Waals surface area (Å²) in [5, 5.41) is 12.6. The molecule has 0 aromatic heterocycles. The van der Waals surface area contributed by atoms with Gasteiger partial charge in [-0.15, -0.1) is 0 Å². The third-order valence-electron chi connectivity index (χ3n) is 6.27. The van der Waals surface area contributed by atoms with Crippen LogP contribution >= 0.6 is 0 Å². The molecule has 3 saturated heterocycles. The number of hydrogen-bond acceptors (Lipinski definition) is 5. The molecule has 6 heteroatoms. The van der Waals surface area contributed by atoms with Crippen LogP contribution in [0.1, 0.15) is 44.9 Å². The highest BCUT2D eigenvalue weighted by molar-refractivity contribution is 5.78. The molecule has 144 valence electrons. The Morgan fingerprint density at radius 2 is 1.80 bits per heavy atom. The van der Waals surface area contributed by atoms with Gasteiger partial charge in [-0.25, -0.2) is 0 Å². The SMILES string of the molecule is O=C(NCCN1CCCC[C@@H]1CO)C1CCN(C2CCOCC2)CC1. The molecule has 0 unspecified atom stereocenters. The van der Waals surface area contributed by atoms with E-state index in [2.05, 4.69) is 15.1 Å². The van der Waals surface area contributed by atoms with Gasteiger partial charge < -0.3 is 20.1 Å². The maximum absolute atomic E-state index is 12.5. The fourth-order valence-corrected chi connectivity index (χ4v) is 4.61. The number of ether oxygens (including phenoxy) is 1. The summed E-state index contributed by atoms with van der Waals surface area (Å²) in [6.45, 7) is 6.70. The minimum Gasteiger partial charge on any atom is -0.395 e. The molecule has 1 atom stereocenters. The first-order valence-corrected chi connectivity index (χ1v) is 10.2. The molecule has 6 nitrogen and oxygen atoms in total. The summed E-state index contributed by atoms with van der Waals surface area (Å²) in [6, 6.07) is 0.945. The van der Waals surface area contributed by atoms with Crippen LogP contribution in [0.5, 0.6) is 0 Å². The Balaban J connectivity index is 1.33. The number of amides is 1. The summed E-state index contributed by atoms with van der Waals surface area (Å²) in [5.74, 6) is 0.398. The summed E-state index contributed by atoms with van der Waals surface area (Å²) in [5.41, 5.74) is 0. The standard InChI is InChI=1S/C19H35N3O3/c23-15-18-3-1-2-9-21(18)12-8-20-19(24)16-4-10-22(11-5-16)17-6-13-25-14-7-17/h16-18,23H,1-15H2,(H,20,24)/t18-/m1/s1. The van der Waals surface area contributed by atoms with Crippen molar-refractivity contribution in [2.24, 2.45) is 5.92 Å². The first-order valence-electron chi connectivity index (χ1n) is 10.2. The maximum atomic E-state index is 12.5. The highest BCUT2D eigenvalue weighted by atomic mass is 16.5. The highest BCUT2D eigenvalue weighted by Gasteiger charge is 2.29. The summed E-state index contributed by atoms with van der Waals surface area (Å²) in [7, 11) is 0. The van der Waals surface area contributed by atoms with E-state index in [9.17, 15) is 9.90 Å². The van der Waals surface area contributed by atoms with E-state index in [1.807, 2.05) is 0 Å². The van der Waals surface area contributed by atoms with Gasteiger partial charge in [0.1, 0.15) is 0 Å². The van der Waals surface area contributed by atoms with Crippen LogP contribution < -0.4 is 5.32 Å². The van der Waals surface area contributed by atoms with Gasteiger partial charge >= 0.3 is 0 Å². The summed E-state index contributed by atoms with van der Waals surface area (Å²) < 4.78 is 5.45. The number of nitrogens with zero attached hydrogens (tertiary/aromatic N) is 2. The predicted octanol–water partition coefficient (Wildman–Crippen LogP) is 0.840. The van der Waals surface area contributed by atoms with Crippen LogP contribution in [0.25, 0.3) is 0 Å². The van der Waals surface area contributed by atoms with Gasteiger partial charge in [-0.05, 0) is 58.2 Å². The Kier molecular flexibility index (Phi) is 7.52. The van der Waals surface area contributed by atoms with Crippen LogP contribution in [0, 0.1) is 5.92 Å². The molecule has 3 aliphatic heterocycles. The molecule has 1 amide bonds. The van der Waals surface area contributed by atoms with Crippen molar-refractivity contribution in [2.75, 3.05) is 52.5 Å². The normalized spacial score (nSPS) is 28.1. The minimum atomic E-state index is 0.172. The van der Waals surface area contributed by atoms with Crippen LogP contribution in [0.4, 0.5) is 0 Å². The van der Waals surface area contributed by atoms with Crippen LogP contribution in [0.2, 0.25) is 0 Å². The van der Waals surface area contributed by atoms with Crippen LogP contribution in [0.15, 0.2) is 0 Å². The quantitative estimate of drug-likeness (QED) is 0.741. The number of likely N-dealkylation sites (tertiary alicyclic amines) is 2. The molecule has 0 bridgehead atoms. The molecule has 0 aromatic rings. The topological polar surface area (TPSA) is 65.0 Å². The molecule has 3 aliphatic rings. The van der Waals surface area contributed by atoms with E-state index in [4.69, 9.17) is 4.74 Å². The van der Waals surface area contributed by atoms with Gasteiger partial charge in [0.15, 0.2) is 0 Å². The number of piperidine rings is 2. The number of carbonyl (C=O) groups is 1. The second-order valence-electron chi connectivity index (χ2n) is 7.81. The molecule has 0 spiro atoms. The summed E-state index contributed by atoms with van der Waals surface area (Å²) in [4.78, 5) is 17.3. The number of hydrogen-bond donors (Lipinski definition) is 2. The molecule has 0 aliphatic carbocycles. The molecular weight excluding hydrogens is 318 g/mol. The van der Waals surface area contributed by atoms with Crippen molar-refractivity contribution in [1.82, 2.24) is 15.1 Å². The van der Waals surface area contributed by atoms with Gasteiger partial charge in [-0.1, -0.05) is 6.42 Å². The third kappa shape index (κ3) is 5.39. The van der Waals surface area contributed by atoms with Gasteiger partial charge in [-0.3, -0.25) is 9.69 Å². The average molecular weight is 354 g/mol. The minimum absolute atomic E-state index is 0.172. The van der Waals surface area contributed by atoms with Crippen molar-refractivity contribution in [3.63, 3.8) is 0 Å². The second kappa shape index (κ2) is 9.86. The van der Waals surface area contributed by atoms with E-state index in [1.54, 1.807) is 0 Å². The van der Waals surface area contributed by atoms with E-state index >= 15 is 0 Å². The number of aliphatic hydroxyl groups is 1. The van der Waals surface area contributed by atoms with E-state index in [0.717, 1.165) is 71.5 Å². The van der Waals surface area contributed by atoms with Crippen molar-refractivity contribution >= 4 is 5.91 Å². The number of rotatable bonds is 6. The lowest BCUT2D eigenvalue weighted by Gasteiger charge is -2.39. The summed E-state index contributed by atoms with van der Waals surface area (Å²) in [6.07, 6.45) is 7.72. The van der Waals surface area contributed by atoms with Crippen molar-refractivity contribution < 1.29 is 14.6 Å². The molecule has 0 aromatic carbocycles. The number of aliphatic hydroxyl groups excluding tert-OH is 1. The van der Waals surface area contributed by atoms with Crippen molar-refractivity contribution in [2.45, 2.75) is 57.0 Å². The monoisotopic (exact) mass is 353 g/mol. The molecule has 3 heterocycles. The molecule has 0 radical (unpaired) electrons. The Bertz CT molecular complexity index is 407. The largest absolute Gasteiger partial charge is 0.395 e. The zero-order valence-corrected chi connectivity index (χ0v) is 15.5. The first kappa shape index (κ1) is 19.1. The molecule has 3 fully saturated rings. The van der Waals surface area contributed by atoms with Crippen LogP contribution in [-0.4, -0.2) is 85.4 Å². The Morgan fingerprint density at radius 1 is 1.04 bits per heavy atom. The predicted molar refractivity (Wildman–Crippen MR) is 97.4 cm³/mol. The van der Waals surface area contributed by atoms with Crippen molar-refractivity contribution in [3.05, 3.63) is 0 Å². The smallest absolute Gasteiger partial charge is 0.223 e. The van der Waals surface area contributed by atoms with Gasteiger partial charge in [0.2, 0.25) is 5.91 Å². The van der Waals surface area contributed by atoms with Crippen LogP contribution in [-0.2, 0) is 9.53 Å². The molecular formula is C19H35N3O3. The van der Waals surface area contributed by atoms with E-state index in [1.165, 1.54) is 12.8 Å². The van der Waals surface area contributed by atoms with Crippen molar-refractivity contribution in [1.29, 1.82) is 0 Å². The van der Waals surface area contributed by atoms with Crippen molar-refractivity contribution in [3.8, 4) is 0 Å². The lowest BCUT2D eigenvalue weighted by molar-refractivity contribution is -0.126. The van der Waals surface area contributed by atoms with E-state index < -0.39 is 0 Å². The van der Waals surface area contributed by atoms with Gasteiger partial charge in [0, 0.05) is 44.3 Å². The summed E-state index contributed by atoms with van der Waals surface area (Å²) >= 11 is 0. The van der Waals surface area contributed by atoms with Crippen LogP contribution in [0.3, 0.4) is 0 Å². The highest BCUT2D eigenvalue weighted by Crippen LogP contribution is 2.23. The van der Waals surface area contributed by atoms with E-state index in [-0.39, 0.29) is 24.5 Å². The van der Waals surface area contributed by atoms with Gasteiger partial charge in [0.05, 0.1) is 6.61 Å². The lowest BCUT2D eigenvalue weighted by atomic mass is 9.93. The van der Waals surface area contributed by atoms with E-state index in [0.29, 0.717) is 12.6 Å². The fourth-order valence-electron chi connectivity index (χ4n) is 4.61. The first-order chi connectivity index (χ1) is 12.3. The molecule has 3 rings (SSSR count). The average Bonchev–Trinajstić information content (AvgIpc) is 2.69. The third-order valence-corrected chi connectivity index (χ3v) is 6.27. The molecule has 2 N–H and O–H groups in total. The number of nitrogens with one attached hydrogen (secondary N) is 1. The molecule has 0 saturated carbocycles. The Labute approximate surface area is 151 Å². The fraction of sp³-hybridized carbons (Fsp3) is 0.947. The lowest BCUT2D eigenvalue weighted by Crippen LogP contribution is -2.48. The zero-order valence-electron chi connectivity index (χ0n) is 15.5. The Hall–Kier alpha value is -0.690. The van der Waals surface area contributed by atoms with Gasteiger partial charge in [-0.2, -0.15) is 0 Å².